The van der Waals surface area contributed by atoms with E-state index in [9.17, 15) is 4.79 Å². The van der Waals surface area contributed by atoms with E-state index in [1.165, 1.54) is 11.5 Å². The number of carbonyl (C=O) groups is 1. The number of likely N-dealkylation sites (tertiary alicyclic amines) is 1. The summed E-state index contributed by atoms with van der Waals surface area (Å²) in [5.41, 5.74) is 3.45. The SMILES string of the molecule is CNC(=O)C1CCCN(Cc2nnsc2NN)C1. The van der Waals surface area contributed by atoms with Crippen LogP contribution in [-0.2, 0) is 11.3 Å². The second-order valence-corrected chi connectivity index (χ2v) is 5.14. The van der Waals surface area contributed by atoms with E-state index in [1.807, 2.05) is 0 Å². The molecule has 1 saturated heterocycles. The van der Waals surface area contributed by atoms with Crippen LogP contribution in [0.5, 0.6) is 0 Å². The van der Waals surface area contributed by atoms with Gasteiger partial charge >= 0.3 is 0 Å². The first kappa shape index (κ1) is 13.2. The lowest BCUT2D eigenvalue weighted by atomic mass is 9.97. The highest BCUT2D eigenvalue weighted by molar-refractivity contribution is 7.10. The highest BCUT2D eigenvalue weighted by Gasteiger charge is 2.25. The molecule has 8 heteroatoms. The van der Waals surface area contributed by atoms with Crippen molar-refractivity contribution in [1.82, 2.24) is 19.8 Å². The molecule has 7 nitrogen and oxygen atoms in total. The van der Waals surface area contributed by atoms with Crippen molar-refractivity contribution in [3.63, 3.8) is 0 Å². The molecule has 0 aromatic carbocycles. The van der Waals surface area contributed by atoms with Gasteiger partial charge in [0.05, 0.1) is 5.92 Å². The van der Waals surface area contributed by atoms with Crippen molar-refractivity contribution in [2.24, 2.45) is 11.8 Å². The maximum atomic E-state index is 11.6. The number of amides is 1. The zero-order valence-corrected chi connectivity index (χ0v) is 11.2. The summed E-state index contributed by atoms with van der Waals surface area (Å²) >= 11 is 1.25. The van der Waals surface area contributed by atoms with Gasteiger partial charge < -0.3 is 10.7 Å². The average Bonchev–Trinajstić information content (AvgIpc) is 2.85. The third-order valence-corrected chi connectivity index (χ3v) is 3.88. The van der Waals surface area contributed by atoms with Crippen LogP contribution in [0.1, 0.15) is 18.5 Å². The van der Waals surface area contributed by atoms with Gasteiger partial charge in [-0.25, -0.2) is 5.84 Å². The second-order valence-electron chi connectivity index (χ2n) is 4.38. The Labute approximate surface area is 110 Å². The van der Waals surface area contributed by atoms with Crippen LogP contribution in [0.15, 0.2) is 0 Å². The van der Waals surface area contributed by atoms with E-state index in [2.05, 4.69) is 25.2 Å². The number of nitrogens with two attached hydrogens (primary N) is 1. The topological polar surface area (TPSA) is 96.2 Å². The van der Waals surface area contributed by atoms with E-state index in [1.54, 1.807) is 7.05 Å². The molecule has 1 aliphatic heterocycles. The van der Waals surface area contributed by atoms with Crippen molar-refractivity contribution in [1.29, 1.82) is 0 Å². The number of aromatic nitrogens is 2. The first-order chi connectivity index (χ1) is 8.74. The van der Waals surface area contributed by atoms with E-state index in [0.717, 1.165) is 36.6 Å². The lowest BCUT2D eigenvalue weighted by Crippen LogP contribution is -2.41. The van der Waals surface area contributed by atoms with Crippen molar-refractivity contribution in [3.05, 3.63) is 5.69 Å². The van der Waals surface area contributed by atoms with Gasteiger partial charge in [-0.15, -0.1) is 5.10 Å². The Kier molecular flexibility index (Phi) is 4.45. The van der Waals surface area contributed by atoms with Crippen molar-refractivity contribution in [3.8, 4) is 0 Å². The number of carbonyl (C=O) groups excluding carboxylic acids is 1. The molecule has 0 aliphatic carbocycles. The smallest absolute Gasteiger partial charge is 0.224 e. The molecular formula is C10H18N6OS. The highest BCUT2D eigenvalue weighted by atomic mass is 32.1. The molecular weight excluding hydrogens is 252 g/mol. The van der Waals surface area contributed by atoms with Gasteiger partial charge in [-0.2, -0.15) is 0 Å². The van der Waals surface area contributed by atoms with E-state index in [0.29, 0.717) is 6.54 Å². The molecule has 1 aliphatic rings. The molecule has 0 spiro atoms. The fourth-order valence-corrected chi connectivity index (χ4v) is 2.74. The molecule has 1 amide bonds. The summed E-state index contributed by atoms with van der Waals surface area (Å²) in [6.45, 7) is 2.43. The summed E-state index contributed by atoms with van der Waals surface area (Å²) in [6, 6.07) is 0. The second kappa shape index (κ2) is 6.07. The van der Waals surface area contributed by atoms with E-state index in [-0.39, 0.29) is 11.8 Å². The third-order valence-electron chi connectivity index (χ3n) is 3.18. The van der Waals surface area contributed by atoms with Crippen LogP contribution < -0.4 is 16.6 Å². The maximum absolute atomic E-state index is 11.6. The predicted octanol–water partition coefficient (Wildman–Crippen LogP) is -0.218. The molecule has 2 heterocycles. The number of nitrogens with one attached hydrogen (secondary N) is 2. The average molecular weight is 270 g/mol. The lowest BCUT2D eigenvalue weighted by Gasteiger charge is -2.31. The fourth-order valence-electron chi connectivity index (χ4n) is 2.25. The Morgan fingerprint density at radius 3 is 3.22 bits per heavy atom. The molecule has 1 aromatic heterocycles. The number of nitrogen functional groups attached to an aromatic ring is 1. The molecule has 0 radical (unpaired) electrons. The summed E-state index contributed by atoms with van der Waals surface area (Å²) in [5.74, 6) is 5.59. The zero-order valence-electron chi connectivity index (χ0n) is 10.3. The first-order valence-electron chi connectivity index (χ1n) is 5.96. The van der Waals surface area contributed by atoms with Gasteiger partial charge in [-0.3, -0.25) is 9.69 Å². The molecule has 1 unspecified atom stereocenters. The quantitative estimate of drug-likeness (QED) is 0.517. The molecule has 4 N–H and O–H groups in total. The van der Waals surface area contributed by atoms with Gasteiger partial charge in [-0.1, -0.05) is 4.49 Å². The number of anilines is 1. The Balaban J connectivity index is 1.95. The molecule has 1 fully saturated rings. The number of nitrogens with zero attached hydrogens (tertiary/aromatic N) is 3. The van der Waals surface area contributed by atoms with Crippen molar-refractivity contribution >= 4 is 22.4 Å². The Morgan fingerprint density at radius 1 is 1.67 bits per heavy atom. The molecule has 1 atom stereocenters. The number of hydrogen-bond donors (Lipinski definition) is 3. The van der Waals surface area contributed by atoms with Gasteiger partial charge in [0.25, 0.3) is 0 Å². The zero-order chi connectivity index (χ0) is 13.0. The number of hydrazine groups is 1. The monoisotopic (exact) mass is 270 g/mol. The minimum absolute atomic E-state index is 0.0737. The summed E-state index contributed by atoms with van der Waals surface area (Å²) in [7, 11) is 1.68. The molecule has 0 saturated carbocycles. The normalized spacial score (nSPS) is 20.7. The van der Waals surface area contributed by atoms with Crippen LogP contribution in [0, 0.1) is 5.92 Å². The van der Waals surface area contributed by atoms with E-state index < -0.39 is 0 Å². The number of hydrogen-bond acceptors (Lipinski definition) is 7. The molecule has 18 heavy (non-hydrogen) atoms. The minimum Gasteiger partial charge on any atom is -0.359 e. The van der Waals surface area contributed by atoms with Gasteiger partial charge in [0.1, 0.15) is 10.7 Å². The minimum atomic E-state index is 0.0737. The van der Waals surface area contributed by atoms with Crippen LogP contribution in [0.3, 0.4) is 0 Å². The molecule has 0 bridgehead atoms. The van der Waals surface area contributed by atoms with Gasteiger partial charge in [0.15, 0.2) is 0 Å². The summed E-state index contributed by atoms with van der Waals surface area (Å²) in [6.07, 6.45) is 1.98. The van der Waals surface area contributed by atoms with Gasteiger partial charge in [0, 0.05) is 31.7 Å². The first-order valence-corrected chi connectivity index (χ1v) is 6.73. The van der Waals surface area contributed by atoms with Crippen molar-refractivity contribution in [2.75, 3.05) is 25.6 Å². The Bertz CT molecular complexity index is 409. The summed E-state index contributed by atoms with van der Waals surface area (Å²) < 4.78 is 3.87. The van der Waals surface area contributed by atoms with Crippen LogP contribution in [0.2, 0.25) is 0 Å². The van der Waals surface area contributed by atoms with Crippen LogP contribution in [0.4, 0.5) is 5.00 Å². The Morgan fingerprint density at radius 2 is 2.50 bits per heavy atom. The van der Waals surface area contributed by atoms with E-state index in [4.69, 9.17) is 5.84 Å². The maximum Gasteiger partial charge on any atom is 0.224 e. The summed E-state index contributed by atoms with van der Waals surface area (Å²) in [5, 5.41) is 7.56. The largest absolute Gasteiger partial charge is 0.359 e. The van der Waals surface area contributed by atoms with Crippen molar-refractivity contribution in [2.45, 2.75) is 19.4 Å². The van der Waals surface area contributed by atoms with Crippen LogP contribution in [-0.4, -0.2) is 40.5 Å². The standard InChI is InChI=1S/C10H18N6OS/c1-12-9(17)7-3-2-4-16(5-7)6-8-10(13-11)18-15-14-8/h7,13H,2-6,11H2,1H3,(H,12,17). The number of piperidine rings is 1. The number of rotatable bonds is 4. The molecule has 100 valence electrons. The predicted molar refractivity (Wildman–Crippen MR) is 69.8 cm³/mol. The van der Waals surface area contributed by atoms with Gasteiger partial charge in [0.2, 0.25) is 5.91 Å². The fraction of sp³-hybridized carbons (Fsp3) is 0.700. The third kappa shape index (κ3) is 2.95. The van der Waals surface area contributed by atoms with Gasteiger partial charge in [-0.05, 0) is 19.4 Å². The van der Waals surface area contributed by atoms with E-state index >= 15 is 0 Å². The lowest BCUT2D eigenvalue weighted by molar-refractivity contribution is -0.126. The highest BCUT2D eigenvalue weighted by Crippen LogP contribution is 2.22. The van der Waals surface area contributed by atoms with Crippen molar-refractivity contribution < 1.29 is 4.79 Å². The Hall–Kier alpha value is -1.25. The van der Waals surface area contributed by atoms with Crippen LogP contribution >= 0.6 is 11.5 Å². The molecule has 2 rings (SSSR count). The van der Waals surface area contributed by atoms with Crippen LogP contribution in [0.25, 0.3) is 0 Å². The molecule has 1 aromatic rings. The summed E-state index contributed by atoms with van der Waals surface area (Å²) in [4.78, 5) is 13.9.